The summed E-state index contributed by atoms with van der Waals surface area (Å²) in [6, 6.07) is 17.2. The van der Waals surface area contributed by atoms with Crippen LogP contribution in [-0.4, -0.2) is 33.8 Å². The summed E-state index contributed by atoms with van der Waals surface area (Å²) in [7, 11) is 1.26. The molecule has 2 aromatic heterocycles. The van der Waals surface area contributed by atoms with Gasteiger partial charge in [-0.05, 0) is 29.8 Å². The van der Waals surface area contributed by atoms with E-state index in [4.69, 9.17) is 4.74 Å². The zero-order valence-electron chi connectivity index (χ0n) is 17.3. The minimum atomic E-state index is -0.593. The lowest BCUT2D eigenvalue weighted by Crippen LogP contribution is -2.29. The van der Waals surface area contributed by atoms with Crippen LogP contribution in [0.3, 0.4) is 0 Å². The van der Waals surface area contributed by atoms with E-state index in [1.54, 1.807) is 54.9 Å². The number of nitrogens with zero attached hydrogens (tertiary/aromatic N) is 3. The van der Waals surface area contributed by atoms with Gasteiger partial charge in [0.15, 0.2) is 0 Å². The topological polar surface area (TPSA) is 103 Å². The van der Waals surface area contributed by atoms with Crippen molar-refractivity contribution in [2.45, 2.75) is 13.1 Å². The van der Waals surface area contributed by atoms with Crippen LogP contribution in [0.25, 0.3) is 10.8 Å². The molecule has 8 heteroatoms. The third kappa shape index (κ3) is 4.24. The Kier molecular flexibility index (Phi) is 6.03. The van der Waals surface area contributed by atoms with Crippen molar-refractivity contribution in [3.63, 3.8) is 0 Å². The lowest BCUT2D eigenvalue weighted by atomic mass is 10.1. The van der Waals surface area contributed by atoms with E-state index in [2.05, 4.69) is 15.4 Å². The predicted octanol–water partition coefficient (Wildman–Crippen LogP) is 2.56. The van der Waals surface area contributed by atoms with Crippen molar-refractivity contribution in [2.75, 3.05) is 7.11 Å². The average Bonchev–Trinajstić information content (AvgIpc) is 2.85. The first-order chi connectivity index (χ1) is 15.6. The molecule has 1 amide bonds. The van der Waals surface area contributed by atoms with Gasteiger partial charge in [0.1, 0.15) is 0 Å². The third-order valence-corrected chi connectivity index (χ3v) is 4.99. The summed E-state index contributed by atoms with van der Waals surface area (Å²) < 4.78 is 6.12. The monoisotopic (exact) mass is 428 g/mol. The van der Waals surface area contributed by atoms with Gasteiger partial charge in [-0.1, -0.05) is 36.4 Å². The zero-order valence-corrected chi connectivity index (χ0v) is 17.3. The van der Waals surface area contributed by atoms with Gasteiger partial charge in [-0.15, -0.1) is 0 Å². The lowest BCUT2D eigenvalue weighted by Gasteiger charge is -2.13. The molecule has 1 N–H and O–H groups in total. The highest BCUT2D eigenvalue weighted by atomic mass is 16.5. The Hall–Kier alpha value is -4.33. The van der Waals surface area contributed by atoms with Crippen molar-refractivity contribution >= 4 is 22.6 Å². The van der Waals surface area contributed by atoms with Crippen molar-refractivity contribution in [1.82, 2.24) is 20.1 Å². The van der Waals surface area contributed by atoms with Crippen LogP contribution in [0.15, 0.2) is 77.9 Å². The molecule has 0 fully saturated rings. The van der Waals surface area contributed by atoms with E-state index in [0.29, 0.717) is 16.5 Å². The maximum atomic E-state index is 12.9. The number of amides is 1. The molecule has 0 aliphatic heterocycles. The summed E-state index contributed by atoms with van der Waals surface area (Å²) in [5.41, 5.74) is 1.52. The quantitative estimate of drug-likeness (QED) is 0.474. The number of hydrogen-bond donors (Lipinski definition) is 1. The highest BCUT2D eigenvalue weighted by molar-refractivity contribution is 6.05. The molecular formula is C24H20N4O4. The van der Waals surface area contributed by atoms with E-state index >= 15 is 0 Å². The van der Waals surface area contributed by atoms with Crippen LogP contribution >= 0.6 is 0 Å². The minimum Gasteiger partial charge on any atom is -0.465 e. The summed E-state index contributed by atoms with van der Waals surface area (Å²) >= 11 is 0. The molecule has 0 spiro atoms. The number of hydrogen-bond acceptors (Lipinski definition) is 6. The van der Waals surface area contributed by atoms with Crippen LogP contribution in [0.2, 0.25) is 0 Å². The molecular weight excluding hydrogens is 408 g/mol. The number of carbonyl (C=O) groups excluding carboxylic acids is 2. The fourth-order valence-electron chi connectivity index (χ4n) is 3.44. The first-order valence-corrected chi connectivity index (χ1v) is 9.91. The minimum absolute atomic E-state index is 0.0716. The molecule has 0 aliphatic rings. The summed E-state index contributed by atoms with van der Waals surface area (Å²) in [6.07, 6.45) is 3.34. The molecule has 8 nitrogen and oxygen atoms in total. The molecule has 0 atom stereocenters. The van der Waals surface area contributed by atoms with Crippen molar-refractivity contribution < 1.29 is 14.3 Å². The molecule has 4 aromatic rings. The number of carbonyl (C=O) groups is 2. The SMILES string of the molecule is COC(=O)c1ccccc1C(=O)NCc1nn(Cc2cccnc2)c(=O)c2ccccc12. The predicted molar refractivity (Wildman–Crippen MR) is 118 cm³/mol. The van der Waals surface area contributed by atoms with E-state index < -0.39 is 11.9 Å². The van der Waals surface area contributed by atoms with Crippen LogP contribution in [0.1, 0.15) is 32.0 Å². The van der Waals surface area contributed by atoms with E-state index in [0.717, 1.165) is 5.56 Å². The second-order valence-corrected chi connectivity index (χ2v) is 7.04. The number of fused-ring (bicyclic) bond motifs is 1. The Labute approximate surface area is 183 Å². The molecule has 0 bridgehead atoms. The number of methoxy groups -OCH3 is 1. The van der Waals surface area contributed by atoms with Crippen LogP contribution < -0.4 is 10.9 Å². The maximum Gasteiger partial charge on any atom is 0.338 e. The van der Waals surface area contributed by atoms with E-state index in [1.807, 2.05) is 12.1 Å². The number of rotatable bonds is 6. The Balaban J connectivity index is 1.66. The molecule has 0 aliphatic carbocycles. The van der Waals surface area contributed by atoms with Crippen LogP contribution in [0.4, 0.5) is 0 Å². The van der Waals surface area contributed by atoms with Crippen molar-refractivity contribution in [3.8, 4) is 0 Å². The van der Waals surface area contributed by atoms with Gasteiger partial charge in [-0.2, -0.15) is 5.10 Å². The second-order valence-electron chi connectivity index (χ2n) is 7.04. The van der Waals surface area contributed by atoms with Crippen molar-refractivity contribution in [1.29, 1.82) is 0 Å². The van der Waals surface area contributed by atoms with Gasteiger partial charge < -0.3 is 10.1 Å². The fourth-order valence-corrected chi connectivity index (χ4v) is 3.44. The van der Waals surface area contributed by atoms with Gasteiger partial charge in [-0.25, -0.2) is 9.48 Å². The van der Waals surface area contributed by atoms with Gasteiger partial charge in [0.05, 0.1) is 42.4 Å². The van der Waals surface area contributed by atoms with Gasteiger partial charge in [-0.3, -0.25) is 14.6 Å². The van der Waals surface area contributed by atoms with Crippen LogP contribution in [-0.2, 0) is 17.8 Å². The first kappa shape index (κ1) is 20.9. The van der Waals surface area contributed by atoms with E-state index in [9.17, 15) is 14.4 Å². The highest BCUT2D eigenvalue weighted by Gasteiger charge is 2.18. The standard InChI is InChI=1S/C24H20N4O4/c1-32-24(31)20-11-5-3-9-18(20)22(29)26-14-21-17-8-2-4-10-19(17)23(30)28(27-21)15-16-7-6-12-25-13-16/h2-13H,14-15H2,1H3,(H,26,29). The fraction of sp³-hybridized carbons (Fsp3) is 0.125. The smallest absolute Gasteiger partial charge is 0.338 e. The number of pyridine rings is 1. The number of ether oxygens (including phenoxy) is 1. The summed E-state index contributed by atoms with van der Waals surface area (Å²) in [5.74, 6) is -1.04. The largest absolute Gasteiger partial charge is 0.465 e. The molecule has 0 unspecified atom stereocenters. The first-order valence-electron chi connectivity index (χ1n) is 9.91. The average molecular weight is 428 g/mol. The van der Waals surface area contributed by atoms with E-state index in [-0.39, 0.29) is 29.8 Å². The van der Waals surface area contributed by atoms with Crippen LogP contribution in [0, 0.1) is 0 Å². The van der Waals surface area contributed by atoms with Crippen molar-refractivity contribution in [2.24, 2.45) is 0 Å². The number of benzene rings is 2. The summed E-state index contributed by atoms with van der Waals surface area (Å²) in [6.45, 7) is 0.325. The van der Waals surface area contributed by atoms with Gasteiger partial charge >= 0.3 is 5.97 Å². The Bertz CT molecular complexity index is 1350. The lowest BCUT2D eigenvalue weighted by molar-refractivity contribution is 0.0596. The maximum absolute atomic E-state index is 12.9. The number of aromatic nitrogens is 3. The molecule has 160 valence electrons. The molecule has 4 rings (SSSR count). The highest BCUT2D eigenvalue weighted by Crippen LogP contribution is 2.15. The summed E-state index contributed by atoms with van der Waals surface area (Å²) in [5, 5.41) is 8.46. The zero-order chi connectivity index (χ0) is 22.5. The van der Waals surface area contributed by atoms with Gasteiger partial charge in [0, 0.05) is 17.8 Å². The molecule has 2 heterocycles. The second kappa shape index (κ2) is 9.22. The summed E-state index contributed by atoms with van der Waals surface area (Å²) in [4.78, 5) is 41.8. The Morgan fingerprint density at radius 3 is 2.41 bits per heavy atom. The molecule has 0 radical (unpaired) electrons. The van der Waals surface area contributed by atoms with Crippen LogP contribution in [0.5, 0.6) is 0 Å². The third-order valence-electron chi connectivity index (χ3n) is 4.99. The molecule has 32 heavy (non-hydrogen) atoms. The molecule has 0 saturated heterocycles. The molecule has 0 saturated carbocycles. The van der Waals surface area contributed by atoms with E-state index in [1.165, 1.54) is 17.9 Å². The van der Waals surface area contributed by atoms with Gasteiger partial charge in [0.2, 0.25) is 0 Å². The van der Waals surface area contributed by atoms with Crippen molar-refractivity contribution in [3.05, 3.63) is 106 Å². The molecule has 2 aromatic carbocycles. The van der Waals surface area contributed by atoms with Gasteiger partial charge in [0.25, 0.3) is 11.5 Å². The Morgan fingerprint density at radius 1 is 0.969 bits per heavy atom. The number of nitrogens with one attached hydrogen (secondary N) is 1. The normalized spacial score (nSPS) is 10.7. The number of esters is 1. The Morgan fingerprint density at radius 2 is 1.69 bits per heavy atom.